The molecule has 0 radical (unpaired) electrons. The van der Waals surface area contributed by atoms with Crippen molar-refractivity contribution in [2.75, 3.05) is 18.6 Å². The lowest BCUT2D eigenvalue weighted by Gasteiger charge is -2.15. The van der Waals surface area contributed by atoms with Gasteiger partial charge >= 0.3 is 0 Å². The number of aromatic nitrogens is 3. The molecule has 0 saturated carbocycles. The van der Waals surface area contributed by atoms with Gasteiger partial charge in [-0.1, -0.05) is 11.6 Å². The molecule has 1 aliphatic rings. The summed E-state index contributed by atoms with van der Waals surface area (Å²) in [7, 11) is -1.86. The molecule has 0 saturated heterocycles. The molecule has 0 unspecified atom stereocenters. The van der Waals surface area contributed by atoms with Crippen molar-refractivity contribution in [3.63, 3.8) is 0 Å². The van der Waals surface area contributed by atoms with Gasteiger partial charge in [0.15, 0.2) is 9.84 Å². The third-order valence-electron chi connectivity index (χ3n) is 5.31. The molecule has 8 nitrogen and oxygen atoms in total. The van der Waals surface area contributed by atoms with Crippen LogP contribution in [0.3, 0.4) is 0 Å². The second-order valence-corrected chi connectivity index (χ2v) is 10.3. The Morgan fingerprint density at radius 2 is 1.84 bits per heavy atom. The lowest BCUT2D eigenvalue weighted by molar-refractivity contribution is 0.0817. The number of anilines is 2. The minimum atomic E-state index is -3.56. The molecule has 32 heavy (non-hydrogen) atoms. The van der Waals surface area contributed by atoms with Crippen LogP contribution in [0.15, 0.2) is 35.4 Å². The van der Waals surface area contributed by atoms with Crippen LogP contribution in [0.4, 0.5) is 11.4 Å². The number of sulfone groups is 1. The van der Waals surface area contributed by atoms with Crippen molar-refractivity contribution in [2.24, 2.45) is 0 Å². The largest absolute Gasteiger partial charge is 0.354 e. The first-order valence-electron chi connectivity index (χ1n) is 9.87. The number of carbonyl (C=O) groups excluding carboxylic acids is 1. The SMILES string of the molecule is Cc1ncc(Cc2cc(Nc3ccc(Cl)cc3S(C)(=O)=O)c3c(n2)CN(C)C3=O)nc1C. The maximum absolute atomic E-state index is 12.8. The predicted molar refractivity (Wildman–Crippen MR) is 122 cm³/mol. The molecule has 3 aromatic rings. The zero-order valence-electron chi connectivity index (χ0n) is 18.1. The van der Waals surface area contributed by atoms with E-state index in [1.54, 1.807) is 36.3 Å². The molecule has 10 heteroatoms. The molecule has 1 N–H and O–H groups in total. The molecule has 0 bridgehead atoms. The number of aryl methyl sites for hydroxylation is 2. The monoisotopic (exact) mass is 471 g/mol. The van der Waals surface area contributed by atoms with Crippen molar-refractivity contribution in [2.45, 2.75) is 31.7 Å². The molecule has 4 rings (SSSR count). The van der Waals surface area contributed by atoms with Crippen molar-refractivity contribution in [1.82, 2.24) is 19.9 Å². The number of halogens is 1. The summed E-state index contributed by atoms with van der Waals surface area (Å²) in [5.74, 6) is -0.178. The van der Waals surface area contributed by atoms with E-state index in [0.29, 0.717) is 46.3 Å². The van der Waals surface area contributed by atoms with Gasteiger partial charge < -0.3 is 10.2 Å². The quantitative estimate of drug-likeness (QED) is 0.607. The summed E-state index contributed by atoms with van der Waals surface area (Å²) in [6.45, 7) is 4.17. The van der Waals surface area contributed by atoms with Crippen LogP contribution >= 0.6 is 11.6 Å². The fourth-order valence-corrected chi connectivity index (χ4v) is 4.69. The molecule has 0 spiro atoms. The van der Waals surface area contributed by atoms with Crippen molar-refractivity contribution < 1.29 is 13.2 Å². The van der Waals surface area contributed by atoms with E-state index in [1.807, 2.05) is 13.8 Å². The summed E-state index contributed by atoms with van der Waals surface area (Å²) >= 11 is 6.03. The number of hydrogen-bond donors (Lipinski definition) is 1. The zero-order chi connectivity index (χ0) is 23.2. The standard InChI is InChI=1S/C22H22ClN5O3S/c1-12-13(2)25-16(10-24-12)8-15-9-18(21-19(26-15)11-28(3)22(21)29)27-17-6-5-14(23)7-20(17)32(4,30)31/h5-7,9-10H,8,11H2,1-4H3,(H,26,27). The fourth-order valence-electron chi connectivity index (χ4n) is 3.60. The third-order valence-corrected chi connectivity index (χ3v) is 6.68. The highest BCUT2D eigenvalue weighted by Gasteiger charge is 2.30. The van der Waals surface area contributed by atoms with Gasteiger partial charge in [-0.15, -0.1) is 0 Å². The van der Waals surface area contributed by atoms with Crippen molar-refractivity contribution in [1.29, 1.82) is 0 Å². The predicted octanol–water partition coefficient (Wildman–Crippen LogP) is 3.47. The molecule has 2 aromatic heterocycles. The molecule has 1 amide bonds. The van der Waals surface area contributed by atoms with E-state index in [2.05, 4.69) is 20.3 Å². The lowest BCUT2D eigenvalue weighted by Crippen LogP contribution is -2.18. The number of hydrogen-bond acceptors (Lipinski definition) is 7. The smallest absolute Gasteiger partial charge is 0.257 e. The van der Waals surface area contributed by atoms with Crippen molar-refractivity contribution in [3.05, 3.63) is 69.5 Å². The van der Waals surface area contributed by atoms with Gasteiger partial charge in [-0.3, -0.25) is 19.7 Å². The Bertz CT molecular complexity index is 1360. The van der Waals surface area contributed by atoms with Crippen LogP contribution in [0.5, 0.6) is 0 Å². The Labute approximate surface area is 191 Å². The molecular weight excluding hydrogens is 450 g/mol. The van der Waals surface area contributed by atoms with Gasteiger partial charge in [-0.05, 0) is 38.1 Å². The maximum atomic E-state index is 12.8. The number of pyridine rings is 1. The van der Waals surface area contributed by atoms with Crippen LogP contribution in [-0.4, -0.2) is 47.5 Å². The van der Waals surface area contributed by atoms with Gasteiger partial charge in [0.25, 0.3) is 5.91 Å². The van der Waals surface area contributed by atoms with Gasteiger partial charge in [0.05, 0.1) is 51.2 Å². The molecule has 166 valence electrons. The number of amides is 1. The van der Waals surface area contributed by atoms with Gasteiger partial charge in [-0.25, -0.2) is 8.42 Å². The number of rotatable bonds is 5. The summed E-state index contributed by atoms with van der Waals surface area (Å²) in [5, 5.41) is 3.45. The fraction of sp³-hybridized carbons (Fsp3) is 0.273. The number of nitrogens with zero attached hydrogens (tertiary/aromatic N) is 4. The van der Waals surface area contributed by atoms with Crippen LogP contribution in [0.25, 0.3) is 0 Å². The van der Waals surface area contributed by atoms with E-state index in [0.717, 1.165) is 23.3 Å². The van der Waals surface area contributed by atoms with Crippen molar-refractivity contribution >= 4 is 38.7 Å². The second-order valence-electron chi connectivity index (χ2n) is 7.89. The van der Waals surface area contributed by atoms with E-state index in [4.69, 9.17) is 11.6 Å². The summed E-state index contributed by atoms with van der Waals surface area (Å²) < 4.78 is 24.6. The highest BCUT2D eigenvalue weighted by Crippen LogP contribution is 2.34. The van der Waals surface area contributed by atoms with Crippen LogP contribution in [0.2, 0.25) is 5.02 Å². The summed E-state index contributed by atoms with van der Waals surface area (Å²) in [6.07, 6.45) is 3.25. The normalized spacial score (nSPS) is 13.4. The van der Waals surface area contributed by atoms with E-state index >= 15 is 0 Å². The highest BCUT2D eigenvalue weighted by molar-refractivity contribution is 7.90. The number of carbonyl (C=O) groups is 1. The zero-order valence-corrected chi connectivity index (χ0v) is 19.7. The molecule has 1 aromatic carbocycles. The van der Waals surface area contributed by atoms with Crippen LogP contribution < -0.4 is 5.32 Å². The van der Waals surface area contributed by atoms with Crippen LogP contribution in [0, 0.1) is 13.8 Å². The first kappa shape index (κ1) is 22.2. The second kappa shape index (κ2) is 8.14. The summed E-state index contributed by atoms with van der Waals surface area (Å²) in [6, 6.07) is 6.33. The Balaban J connectivity index is 1.80. The average Bonchev–Trinajstić information content (AvgIpc) is 2.99. The molecule has 3 heterocycles. The number of nitrogens with one attached hydrogen (secondary N) is 1. The van der Waals surface area contributed by atoms with Gasteiger partial charge in [-0.2, -0.15) is 0 Å². The molecular formula is C22H22ClN5O3S. The lowest BCUT2D eigenvalue weighted by atomic mass is 10.1. The Morgan fingerprint density at radius 1 is 1.09 bits per heavy atom. The molecule has 0 aliphatic carbocycles. The Kier molecular flexibility index (Phi) is 5.64. The minimum Gasteiger partial charge on any atom is -0.354 e. The van der Waals surface area contributed by atoms with Gasteiger partial charge in [0.1, 0.15) is 0 Å². The first-order valence-corrected chi connectivity index (χ1v) is 12.1. The topological polar surface area (TPSA) is 105 Å². The average molecular weight is 472 g/mol. The van der Waals surface area contributed by atoms with Gasteiger partial charge in [0.2, 0.25) is 0 Å². The Hall–Kier alpha value is -3.04. The third kappa shape index (κ3) is 4.31. The van der Waals surface area contributed by atoms with Gasteiger partial charge in [0, 0.05) is 36.6 Å². The number of benzene rings is 1. The molecule has 0 atom stereocenters. The van der Waals surface area contributed by atoms with Crippen LogP contribution in [0.1, 0.15) is 38.8 Å². The Morgan fingerprint density at radius 3 is 2.53 bits per heavy atom. The van der Waals surface area contributed by atoms with E-state index in [-0.39, 0.29) is 10.8 Å². The van der Waals surface area contributed by atoms with E-state index < -0.39 is 9.84 Å². The van der Waals surface area contributed by atoms with Crippen molar-refractivity contribution in [3.8, 4) is 0 Å². The minimum absolute atomic E-state index is 0.0518. The maximum Gasteiger partial charge on any atom is 0.257 e. The number of fused-ring (bicyclic) bond motifs is 1. The highest BCUT2D eigenvalue weighted by atomic mass is 35.5. The summed E-state index contributed by atoms with van der Waals surface area (Å²) in [5.41, 5.74) is 5.04. The molecule has 0 fully saturated rings. The first-order chi connectivity index (χ1) is 15.0. The van der Waals surface area contributed by atoms with Crippen LogP contribution in [-0.2, 0) is 22.8 Å². The van der Waals surface area contributed by atoms with E-state index in [1.165, 1.54) is 6.07 Å². The molecule has 1 aliphatic heterocycles. The summed E-state index contributed by atoms with van der Waals surface area (Å²) in [4.78, 5) is 28.0. The van der Waals surface area contributed by atoms with E-state index in [9.17, 15) is 13.2 Å².